The topological polar surface area (TPSA) is 35.2 Å². The number of nitrogens with two attached hydrogens (primary N) is 1. The fourth-order valence-electron chi connectivity index (χ4n) is 2.05. The Labute approximate surface area is 112 Å². The van der Waals surface area contributed by atoms with Gasteiger partial charge in [-0.3, -0.25) is 0 Å². The van der Waals surface area contributed by atoms with Gasteiger partial charge in [-0.05, 0) is 36.3 Å². The summed E-state index contributed by atoms with van der Waals surface area (Å²) >= 11 is 1.68. The van der Waals surface area contributed by atoms with E-state index in [1.807, 2.05) is 17.5 Å². The Bertz CT molecular complexity index is 466. The van der Waals surface area contributed by atoms with E-state index in [9.17, 15) is 0 Å². The highest BCUT2D eigenvalue weighted by Crippen LogP contribution is 2.31. The Kier molecular flexibility index (Phi) is 4.79. The Hall–Kier alpha value is -1.32. The van der Waals surface area contributed by atoms with Gasteiger partial charge in [-0.15, -0.1) is 11.3 Å². The third kappa shape index (κ3) is 3.34. The maximum absolute atomic E-state index is 6.21. The molecule has 1 unspecified atom stereocenters. The normalized spacial score (nSPS) is 12.3. The maximum atomic E-state index is 6.21. The van der Waals surface area contributed by atoms with Crippen LogP contribution in [0.5, 0.6) is 5.75 Å². The average molecular weight is 261 g/mol. The van der Waals surface area contributed by atoms with E-state index < -0.39 is 0 Å². The van der Waals surface area contributed by atoms with Gasteiger partial charge < -0.3 is 10.5 Å². The van der Waals surface area contributed by atoms with Gasteiger partial charge in [0.2, 0.25) is 0 Å². The van der Waals surface area contributed by atoms with Crippen molar-refractivity contribution < 1.29 is 4.74 Å². The summed E-state index contributed by atoms with van der Waals surface area (Å²) in [6.07, 6.45) is 3.18. The van der Waals surface area contributed by atoms with E-state index in [1.54, 1.807) is 18.4 Å². The smallest absolute Gasteiger partial charge is 0.134 e. The van der Waals surface area contributed by atoms with Crippen molar-refractivity contribution in [2.45, 2.75) is 25.3 Å². The number of hydrogen-bond acceptors (Lipinski definition) is 3. The van der Waals surface area contributed by atoms with Crippen molar-refractivity contribution in [2.24, 2.45) is 5.73 Å². The quantitative estimate of drug-likeness (QED) is 0.859. The number of thiophene rings is 1. The van der Waals surface area contributed by atoms with Gasteiger partial charge >= 0.3 is 0 Å². The van der Waals surface area contributed by atoms with Crippen molar-refractivity contribution in [2.75, 3.05) is 7.11 Å². The molecule has 18 heavy (non-hydrogen) atoms. The van der Waals surface area contributed by atoms with E-state index in [0.717, 1.165) is 29.9 Å². The molecule has 0 spiro atoms. The molecule has 0 fully saturated rings. The number of ether oxygens (including phenoxy) is 1. The van der Waals surface area contributed by atoms with Crippen LogP contribution in [0.2, 0.25) is 0 Å². The summed E-state index contributed by atoms with van der Waals surface area (Å²) in [5.74, 6) is 0.923. The first-order valence-electron chi connectivity index (χ1n) is 6.22. The van der Waals surface area contributed by atoms with Crippen molar-refractivity contribution >= 4 is 11.3 Å². The third-order valence-corrected chi connectivity index (χ3v) is 4.07. The Balaban J connectivity index is 1.84. The van der Waals surface area contributed by atoms with Crippen LogP contribution in [0.3, 0.4) is 0 Å². The Morgan fingerprint density at radius 3 is 2.72 bits per heavy atom. The molecular formula is C15H19NOS. The standard InChI is InChI=1S/C15H19NOS/c1-17-14-10-11-18-15(14)13(16)9-5-8-12-6-3-2-4-7-12/h2-4,6-7,10-11,13H,5,8-9,16H2,1H3. The van der Waals surface area contributed by atoms with E-state index in [2.05, 4.69) is 24.3 Å². The van der Waals surface area contributed by atoms with Crippen molar-refractivity contribution in [3.8, 4) is 5.75 Å². The highest BCUT2D eigenvalue weighted by molar-refractivity contribution is 7.10. The van der Waals surface area contributed by atoms with Crippen LogP contribution in [-0.2, 0) is 6.42 Å². The minimum atomic E-state index is 0.0867. The average Bonchev–Trinajstić information content (AvgIpc) is 2.88. The molecule has 1 heterocycles. The fourth-order valence-corrected chi connectivity index (χ4v) is 2.95. The summed E-state index contributed by atoms with van der Waals surface area (Å²) in [4.78, 5) is 1.16. The summed E-state index contributed by atoms with van der Waals surface area (Å²) in [5.41, 5.74) is 7.59. The molecule has 2 N–H and O–H groups in total. The van der Waals surface area contributed by atoms with Gasteiger partial charge in [0, 0.05) is 6.04 Å². The highest BCUT2D eigenvalue weighted by Gasteiger charge is 2.12. The molecule has 0 radical (unpaired) electrons. The molecule has 2 aromatic rings. The van der Waals surface area contributed by atoms with E-state index in [1.165, 1.54) is 5.56 Å². The van der Waals surface area contributed by atoms with Gasteiger partial charge in [-0.25, -0.2) is 0 Å². The molecule has 0 amide bonds. The molecule has 0 saturated heterocycles. The molecule has 0 aliphatic heterocycles. The van der Waals surface area contributed by atoms with Crippen LogP contribution in [0.25, 0.3) is 0 Å². The lowest BCUT2D eigenvalue weighted by Crippen LogP contribution is -2.09. The van der Waals surface area contributed by atoms with Crippen LogP contribution in [0.4, 0.5) is 0 Å². The number of methoxy groups -OCH3 is 1. The molecule has 96 valence electrons. The van der Waals surface area contributed by atoms with Crippen molar-refractivity contribution in [1.82, 2.24) is 0 Å². The van der Waals surface area contributed by atoms with Gasteiger partial charge in [-0.2, -0.15) is 0 Å². The molecule has 1 aromatic heterocycles. The predicted octanol–water partition coefficient (Wildman–Crippen LogP) is 3.78. The van der Waals surface area contributed by atoms with Crippen LogP contribution in [0, 0.1) is 0 Å². The Morgan fingerprint density at radius 1 is 1.22 bits per heavy atom. The van der Waals surface area contributed by atoms with Crippen LogP contribution < -0.4 is 10.5 Å². The van der Waals surface area contributed by atoms with Crippen LogP contribution in [-0.4, -0.2) is 7.11 Å². The predicted molar refractivity (Wildman–Crippen MR) is 77.2 cm³/mol. The highest BCUT2D eigenvalue weighted by atomic mass is 32.1. The van der Waals surface area contributed by atoms with E-state index in [0.29, 0.717) is 0 Å². The second-order valence-corrected chi connectivity index (χ2v) is 5.29. The second kappa shape index (κ2) is 6.57. The second-order valence-electron chi connectivity index (χ2n) is 4.34. The summed E-state index contributed by atoms with van der Waals surface area (Å²) < 4.78 is 5.30. The number of hydrogen-bond donors (Lipinski definition) is 1. The molecule has 1 atom stereocenters. The van der Waals surface area contributed by atoms with Gasteiger partial charge in [0.1, 0.15) is 5.75 Å². The van der Waals surface area contributed by atoms with Crippen molar-refractivity contribution in [3.05, 3.63) is 52.2 Å². The first-order chi connectivity index (χ1) is 8.81. The fraction of sp³-hybridized carbons (Fsp3) is 0.333. The molecule has 0 saturated carbocycles. The molecule has 0 aliphatic carbocycles. The van der Waals surface area contributed by atoms with Crippen LogP contribution in [0.15, 0.2) is 41.8 Å². The molecule has 1 aromatic carbocycles. The lowest BCUT2D eigenvalue weighted by atomic mass is 10.0. The maximum Gasteiger partial charge on any atom is 0.134 e. The lowest BCUT2D eigenvalue weighted by molar-refractivity contribution is 0.407. The summed E-state index contributed by atoms with van der Waals surface area (Å²) in [7, 11) is 1.70. The zero-order chi connectivity index (χ0) is 12.8. The zero-order valence-electron chi connectivity index (χ0n) is 10.6. The first-order valence-corrected chi connectivity index (χ1v) is 7.10. The van der Waals surface area contributed by atoms with Crippen LogP contribution >= 0.6 is 11.3 Å². The molecule has 0 aliphatic rings. The van der Waals surface area contributed by atoms with E-state index >= 15 is 0 Å². The monoisotopic (exact) mass is 261 g/mol. The SMILES string of the molecule is COc1ccsc1C(N)CCCc1ccccc1. The van der Waals surface area contributed by atoms with E-state index in [4.69, 9.17) is 10.5 Å². The summed E-state index contributed by atoms with van der Waals surface area (Å²) in [5, 5.41) is 2.03. The lowest BCUT2D eigenvalue weighted by Gasteiger charge is -2.11. The minimum absolute atomic E-state index is 0.0867. The number of benzene rings is 1. The van der Waals surface area contributed by atoms with Crippen molar-refractivity contribution in [1.29, 1.82) is 0 Å². The number of rotatable bonds is 6. The van der Waals surface area contributed by atoms with Gasteiger partial charge in [-0.1, -0.05) is 30.3 Å². The van der Waals surface area contributed by atoms with Gasteiger partial charge in [0.25, 0.3) is 0 Å². The molecule has 2 nitrogen and oxygen atoms in total. The minimum Gasteiger partial charge on any atom is -0.496 e. The van der Waals surface area contributed by atoms with Gasteiger partial charge in [0.05, 0.1) is 12.0 Å². The summed E-state index contributed by atoms with van der Waals surface area (Å²) in [6, 6.07) is 12.6. The Morgan fingerprint density at radius 2 is 2.00 bits per heavy atom. The van der Waals surface area contributed by atoms with E-state index in [-0.39, 0.29) is 6.04 Å². The van der Waals surface area contributed by atoms with Crippen LogP contribution in [0.1, 0.15) is 29.3 Å². The van der Waals surface area contributed by atoms with Crippen molar-refractivity contribution in [3.63, 3.8) is 0 Å². The largest absolute Gasteiger partial charge is 0.496 e. The molecule has 0 bridgehead atoms. The molecule has 3 heteroatoms. The number of aryl methyl sites for hydroxylation is 1. The first kappa shape index (κ1) is 13.1. The molecular weight excluding hydrogens is 242 g/mol. The zero-order valence-corrected chi connectivity index (χ0v) is 11.5. The third-order valence-electron chi connectivity index (χ3n) is 3.04. The molecule has 2 rings (SSSR count). The van der Waals surface area contributed by atoms with Gasteiger partial charge in [0.15, 0.2) is 0 Å². The summed E-state index contributed by atoms with van der Waals surface area (Å²) in [6.45, 7) is 0.